The van der Waals surface area contributed by atoms with Gasteiger partial charge in [-0.15, -0.1) is 10.2 Å². The van der Waals surface area contributed by atoms with Gasteiger partial charge < -0.3 is 14.8 Å². The zero-order chi connectivity index (χ0) is 20.2. The number of nitrogens with one attached hydrogen (secondary N) is 1. The number of aromatic nitrogens is 2. The van der Waals surface area contributed by atoms with Gasteiger partial charge in [0.2, 0.25) is 5.01 Å². The summed E-state index contributed by atoms with van der Waals surface area (Å²) in [5, 5.41) is 11.7. The number of amides is 1. The van der Waals surface area contributed by atoms with Crippen molar-refractivity contribution >= 4 is 22.9 Å². The summed E-state index contributed by atoms with van der Waals surface area (Å²) < 4.78 is 24.7. The molecule has 4 rings (SSSR count). The Labute approximate surface area is 171 Å². The highest BCUT2D eigenvalue weighted by atomic mass is 32.1. The van der Waals surface area contributed by atoms with Crippen LogP contribution in [-0.2, 0) is 6.54 Å². The summed E-state index contributed by atoms with van der Waals surface area (Å²) >= 11 is 1.22. The fraction of sp³-hybridized carbons (Fsp3) is 0.250. The zero-order valence-corrected chi connectivity index (χ0v) is 16.5. The highest BCUT2D eigenvalue weighted by Gasteiger charge is 2.22. The predicted octanol–water partition coefficient (Wildman–Crippen LogP) is 3.20. The van der Waals surface area contributed by atoms with Crippen LogP contribution in [-0.4, -0.2) is 47.3 Å². The molecule has 1 aliphatic heterocycles. The standard InChI is InChI=1S/C20H19FN4O3S/c1-25(10-15-12-27-16-4-2-3-5-17(16)28-15)11-18-23-24-20(29-18)19(26)22-14-8-6-13(21)7-9-14/h2-9,15H,10-12H2,1H3,(H,22,26)/t15-/m1/s1. The monoisotopic (exact) mass is 414 g/mol. The van der Waals surface area contributed by atoms with E-state index < -0.39 is 0 Å². The third-order valence-corrected chi connectivity index (χ3v) is 5.16. The molecule has 150 valence electrons. The van der Waals surface area contributed by atoms with Gasteiger partial charge in [0.1, 0.15) is 23.5 Å². The first kappa shape index (κ1) is 19.3. The lowest BCUT2D eigenvalue weighted by Gasteiger charge is -2.29. The molecule has 1 N–H and O–H groups in total. The number of hydrogen-bond donors (Lipinski definition) is 1. The Morgan fingerprint density at radius 3 is 2.76 bits per heavy atom. The van der Waals surface area contributed by atoms with Gasteiger partial charge in [-0.25, -0.2) is 4.39 Å². The number of benzene rings is 2. The van der Waals surface area contributed by atoms with E-state index in [1.165, 1.54) is 35.6 Å². The molecule has 3 aromatic rings. The van der Waals surface area contributed by atoms with Crippen molar-refractivity contribution in [2.75, 3.05) is 25.5 Å². The lowest BCUT2D eigenvalue weighted by molar-refractivity contribution is 0.0637. The lowest BCUT2D eigenvalue weighted by Crippen LogP contribution is -2.39. The van der Waals surface area contributed by atoms with Gasteiger partial charge in [0.05, 0.1) is 6.54 Å². The van der Waals surface area contributed by atoms with E-state index in [1.54, 1.807) is 0 Å². The van der Waals surface area contributed by atoms with Crippen LogP contribution in [0.4, 0.5) is 10.1 Å². The van der Waals surface area contributed by atoms with Gasteiger partial charge in [-0.05, 0) is 43.4 Å². The first-order valence-corrected chi connectivity index (χ1v) is 9.85. The molecule has 0 saturated carbocycles. The maximum Gasteiger partial charge on any atom is 0.286 e. The molecular formula is C20H19FN4O3S. The minimum atomic E-state index is -0.372. The van der Waals surface area contributed by atoms with Crippen molar-refractivity contribution in [3.63, 3.8) is 0 Å². The highest BCUT2D eigenvalue weighted by Crippen LogP contribution is 2.31. The number of anilines is 1. The van der Waals surface area contributed by atoms with E-state index in [1.807, 2.05) is 36.2 Å². The van der Waals surface area contributed by atoms with Gasteiger partial charge in [-0.2, -0.15) is 0 Å². The Bertz CT molecular complexity index is 995. The van der Waals surface area contributed by atoms with Crippen molar-refractivity contribution in [1.29, 1.82) is 0 Å². The second-order valence-electron chi connectivity index (χ2n) is 6.66. The number of carbonyl (C=O) groups excluding carboxylic acids is 1. The molecule has 2 aromatic carbocycles. The summed E-state index contributed by atoms with van der Waals surface area (Å²) in [5.74, 6) is 0.767. The molecule has 0 radical (unpaired) electrons. The first-order valence-electron chi connectivity index (χ1n) is 9.03. The van der Waals surface area contributed by atoms with E-state index in [2.05, 4.69) is 15.5 Å². The molecule has 1 amide bonds. The Morgan fingerprint density at radius 2 is 1.97 bits per heavy atom. The Kier molecular flexibility index (Phi) is 5.68. The zero-order valence-electron chi connectivity index (χ0n) is 15.7. The molecule has 7 nitrogen and oxygen atoms in total. The van der Waals surface area contributed by atoms with E-state index in [4.69, 9.17) is 9.47 Å². The number of rotatable bonds is 6. The number of para-hydroxylation sites is 2. The maximum absolute atomic E-state index is 13.0. The van der Waals surface area contributed by atoms with Crippen molar-refractivity contribution in [2.24, 2.45) is 0 Å². The Hall–Kier alpha value is -3.04. The smallest absolute Gasteiger partial charge is 0.286 e. The van der Waals surface area contributed by atoms with Crippen LogP contribution >= 0.6 is 11.3 Å². The maximum atomic E-state index is 13.0. The van der Waals surface area contributed by atoms with E-state index in [9.17, 15) is 9.18 Å². The molecular weight excluding hydrogens is 395 g/mol. The van der Waals surface area contributed by atoms with Gasteiger partial charge in [0, 0.05) is 12.2 Å². The van der Waals surface area contributed by atoms with Crippen LogP contribution in [0.5, 0.6) is 11.5 Å². The molecule has 0 fully saturated rings. The average Bonchev–Trinajstić information content (AvgIpc) is 3.18. The average molecular weight is 414 g/mol. The fourth-order valence-corrected chi connectivity index (χ4v) is 3.74. The minimum Gasteiger partial charge on any atom is -0.486 e. The molecule has 1 aliphatic rings. The fourth-order valence-electron chi connectivity index (χ4n) is 2.92. The molecule has 0 spiro atoms. The van der Waals surface area contributed by atoms with Gasteiger partial charge in [0.25, 0.3) is 5.91 Å². The molecule has 0 aliphatic carbocycles. The van der Waals surface area contributed by atoms with Crippen LogP contribution in [0.1, 0.15) is 14.8 Å². The number of halogens is 1. The van der Waals surface area contributed by atoms with Gasteiger partial charge in [-0.3, -0.25) is 9.69 Å². The minimum absolute atomic E-state index is 0.0935. The summed E-state index contributed by atoms with van der Waals surface area (Å²) in [7, 11) is 1.95. The van der Waals surface area contributed by atoms with Crippen molar-refractivity contribution in [3.05, 3.63) is 64.4 Å². The largest absolute Gasteiger partial charge is 0.486 e. The summed E-state index contributed by atoms with van der Waals surface area (Å²) in [6, 6.07) is 13.1. The van der Waals surface area contributed by atoms with Crippen molar-refractivity contribution < 1.29 is 18.7 Å². The van der Waals surface area contributed by atoms with Gasteiger partial charge in [-0.1, -0.05) is 23.5 Å². The normalized spacial score (nSPS) is 15.3. The first-order chi connectivity index (χ1) is 14.1. The topological polar surface area (TPSA) is 76.6 Å². The number of nitrogens with zero attached hydrogens (tertiary/aromatic N) is 3. The van der Waals surface area contributed by atoms with Crippen LogP contribution in [0.2, 0.25) is 0 Å². The quantitative estimate of drug-likeness (QED) is 0.668. The van der Waals surface area contributed by atoms with Crippen molar-refractivity contribution in [1.82, 2.24) is 15.1 Å². The van der Waals surface area contributed by atoms with E-state index in [0.29, 0.717) is 30.4 Å². The summed E-state index contributed by atoms with van der Waals surface area (Å²) in [6.07, 6.45) is -0.0935. The molecule has 1 aromatic heterocycles. The second kappa shape index (κ2) is 8.54. The summed E-state index contributed by atoms with van der Waals surface area (Å²) in [6.45, 7) is 1.65. The number of fused-ring (bicyclic) bond motifs is 1. The molecule has 1 atom stereocenters. The van der Waals surface area contributed by atoms with E-state index >= 15 is 0 Å². The van der Waals surface area contributed by atoms with Gasteiger partial charge in [0.15, 0.2) is 11.5 Å². The van der Waals surface area contributed by atoms with Crippen LogP contribution < -0.4 is 14.8 Å². The van der Waals surface area contributed by atoms with Crippen LogP contribution in [0.3, 0.4) is 0 Å². The molecule has 0 unspecified atom stereocenters. The Balaban J connectivity index is 1.30. The second-order valence-corrected chi connectivity index (χ2v) is 7.72. The lowest BCUT2D eigenvalue weighted by atomic mass is 10.2. The SMILES string of the molecule is CN(Cc1nnc(C(=O)Nc2ccc(F)cc2)s1)C[C@@H]1COc2ccccc2O1. The highest BCUT2D eigenvalue weighted by molar-refractivity contribution is 7.13. The third-order valence-electron chi connectivity index (χ3n) is 4.25. The van der Waals surface area contributed by atoms with E-state index in [-0.39, 0.29) is 22.8 Å². The summed E-state index contributed by atoms with van der Waals surface area (Å²) in [4.78, 5) is 14.3. The van der Waals surface area contributed by atoms with Crippen LogP contribution in [0.25, 0.3) is 0 Å². The van der Waals surface area contributed by atoms with Crippen LogP contribution in [0.15, 0.2) is 48.5 Å². The molecule has 0 bridgehead atoms. The molecule has 0 saturated heterocycles. The predicted molar refractivity (Wildman–Crippen MR) is 107 cm³/mol. The van der Waals surface area contributed by atoms with Gasteiger partial charge >= 0.3 is 0 Å². The Morgan fingerprint density at radius 1 is 1.21 bits per heavy atom. The van der Waals surface area contributed by atoms with E-state index in [0.717, 1.165) is 11.5 Å². The number of ether oxygens (including phenoxy) is 2. The van der Waals surface area contributed by atoms with Crippen molar-refractivity contribution in [3.8, 4) is 11.5 Å². The number of likely N-dealkylation sites (N-methyl/N-ethyl adjacent to an activating group) is 1. The molecule has 2 heterocycles. The summed E-state index contributed by atoms with van der Waals surface area (Å²) in [5.41, 5.74) is 0.500. The molecule has 9 heteroatoms. The molecule has 29 heavy (non-hydrogen) atoms. The third kappa shape index (κ3) is 4.87. The number of carbonyl (C=O) groups is 1. The van der Waals surface area contributed by atoms with Crippen LogP contribution in [0, 0.1) is 5.82 Å². The number of hydrogen-bond acceptors (Lipinski definition) is 7. The van der Waals surface area contributed by atoms with Crippen molar-refractivity contribution in [2.45, 2.75) is 12.6 Å².